The predicted octanol–water partition coefficient (Wildman–Crippen LogP) is 2.55. The highest BCUT2D eigenvalue weighted by molar-refractivity contribution is 5.95. The molecule has 1 N–H and O–H groups in total. The van der Waals surface area contributed by atoms with Crippen molar-refractivity contribution in [2.45, 2.75) is 20.3 Å². The van der Waals surface area contributed by atoms with Gasteiger partial charge in [-0.2, -0.15) is 0 Å². The first kappa shape index (κ1) is 8.15. The van der Waals surface area contributed by atoms with Crippen molar-refractivity contribution in [2.75, 3.05) is 0 Å². The molecule has 1 nitrogen and oxygen atoms in total. The minimum atomic E-state index is 0.636. The Bertz CT molecular complexity index is 143. The molecule has 0 aromatic heterocycles. The molecule has 0 unspecified atom stereocenters. The monoisotopic (exact) mass is 123 g/mol. The summed E-state index contributed by atoms with van der Waals surface area (Å²) in [6, 6.07) is 0. The van der Waals surface area contributed by atoms with Crippen LogP contribution in [0.4, 0.5) is 0 Å². The number of allylic oxidation sites excluding steroid dienone is 3. The predicted molar refractivity (Wildman–Crippen MR) is 42.0 cm³/mol. The highest BCUT2D eigenvalue weighted by atomic mass is 14.4. The van der Waals surface area contributed by atoms with Gasteiger partial charge in [-0.3, -0.25) is 0 Å². The summed E-state index contributed by atoms with van der Waals surface area (Å²) in [6.07, 6.45) is 4.57. The molecule has 0 amide bonds. The smallest absolute Gasteiger partial charge is 0.0314 e. The summed E-state index contributed by atoms with van der Waals surface area (Å²) in [6.45, 7) is 7.33. The lowest BCUT2D eigenvalue weighted by Gasteiger charge is -1.97. The van der Waals surface area contributed by atoms with Gasteiger partial charge >= 0.3 is 0 Å². The number of nitrogens with one attached hydrogen (secondary N) is 1. The van der Waals surface area contributed by atoms with E-state index >= 15 is 0 Å². The van der Waals surface area contributed by atoms with Gasteiger partial charge in [0.05, 0.1) is 0 Å². The second kappa shape index (κ2) is 4.07. The van der Waals surface area contributed by atoms with E-state index in [4.69, 9.17) is 5.41 Å². The molecule has 0 heterocycles. The highest BCUT2D eigenvalue weighted by Crippen LogP contribution is 2.02. The van der Waals surface area contributed by atoms with E-state index in [1.54, 1.807) is 6.92 Å². The maximum absolute atomic E-state index is 7.24. The Morgan fingerprint density at radius 1 is 1.67 bits per heavy atom. The third-order valence-electron chi connectivity index (χ3n) is 1.19. The second-order valence-electron chi connectivity index (χ2n) is 1.93. The van der Waals surface area contributed by atoms with Gasteiger partial charge in [-0.25, -0.2) is 0 Å². The quantitative estimate of drug-likeness (QED) is 0.440. The zero-order valence-corrected chi connectivity index (χ0v) is 6.07. The summed E-state index contributed by atoms with van der Waals surface area (Å²) in [5.41, 5.74) is 1.70. The summed E-state index contributed by atoms with van der Waals surface area (Å²) in [5.74, 6) is 0. The maximum Gasteiger partial charge on any atom is 0.0314 e. The van der Waals surface area contributed by atoms with E-state index in [9.17, 15) is 0 Å². The van der Waals surface area contributed by atoms with E-state index in [0.717, 1.165) is 12.0 Å². The van der Waals surface area contributed by atoms with Crippen LogP contribution in [0.5, 0.6) is 0 Å². The minimum Gasteiger partial charge on any atom is -0.305 e. The first-order chi connectivity index (χ1) is 4.22. The molecule has 0 aromatic carbocycles. The topological polar surface area (TPSA) is 23.9 Å². The van der Waals surface area contributed by atoms with Crippen molar-refractivity contribution in [3.05, 3.63) is 24.3 Å². The zero-order valence-electron chi connectivity index (χ0n) is 6.07. The normalized spacial score (nSPS) is 11.1. The van der Waals surface area contributed by atoms with Gasteiger partial charge in [-0.05, 0) is 25.8 Å². The molecule has 0 aliphatic heterocycles. The second-order valence-corrected chi connectivity index (χ2v) is 1.93. The van der Waals surface area contributed by atoms with Crippen molar-refractivity contribution < 1.29 is 0 Å². The lowest BCUT2D eigenvalue weighted by Crippen LogP contribution is -1.92. The van der Waals surface area contributed by atoms with E-state index in [1.807, 2.05) is 19.1 Å². The Balaban J connectivity index is 4.00. The van der Waals surface area contributed by atoms with Crippen LogP contribution >= 0.6 is 0 Å². The standard InChI is InChI=1S/C8H13N/c1-4-6-8(5-2)7(3)9/h4-5,9H,1,6H2,2-3H3. The fourth-order valence-electron chi connectivity index (χ4n) is 0.643. The van der Waals surface area contributed by atoms with E-state index < -0.39 is 0 Å². The highest BCUT2D eigenvalue weighted by Gasteiger charge is 1.92. The van der Waals surface area contributed by atoms with Crippen LogP contribution in [0, 0.1) is 5.41 Å². The van der Waals surface area contributed by atoms with Crippen molar-refractivity contribution in [3.63, 3.8) is 0 Å². The van der Waals surface area contributed by atoms with Gasteiger partial charge in [-0.1, -0.05) is 12.2 Å². The molecule has 0 saturated carbocycles. The Labute approximate surface area is 56.6 Å². The molecular weight excluding hydrogens is 110 g/mol. The van der Waals surface area contributed by atoms with Crippen molar-refractivity contribution in [1.82, 2.24) is 0 Å². The molecule has 0 bridgehead atoms. The van der Waals surface area contributed by atoms with Crippen LogP contribution in [0.1, 0.15) is 20.3 Å². The fourth-order valence-corrected chi connectivity index (χ4v) is 0.643. The minimum absolute atomic E-state index is 0.636. The lowest BCUT2D eigenvalue weighted by molar-refractivity contribution is 1.27. The summed E-state index contributed by atoms with van der Waals surface area (Å²) >= 11 is 0. The molecule has 9 heavy (non-hydrogen) atoms. The average molecular weight is 123 g/mol. The number of hydrogen-bond acceptors (Lipinski definition) is 1. The van der Waals surface area contributed by atoms with Crippen LogP contribution < -0.4 is 0 Å². The van der Waals surface area contributed by atoms with Gasteiger partial charge in [0.15, 0.2) is 0 Å². The zero-order chi connectivity index (χ0) is 7.28. The molecular formula is C8H13N. The van der Waals surface area contributed by atoms with Crippen LogP contribution in [0.25, 0.3) is 0 Å². The van der Waals surface area contributed by atoms with Gasteiger partial charge < -0.3 is 5.41 Å². The number of rotatable bonds is 3. The van der Waals surface area contributed by atoms with Crippen LogP contribution in [-0.2, 0) is 0 Å². The van der Waals surface area contributed by atoms with Crippen LogP contribution in [0.3, 0.4) is 0 Å². The summed E-state index contributed by atoms with van der Waals surface area (Å²) in [5, 5.41) is 7.24. The molecule has 0 atom stereocenters. The SMILES string of the molecule is C=CCC(=CC)C(C)=N. The van der Waals surface area contributed by atoms with Gasteiger partial charge in [-0.15, -0.1) is 6.58 Å². The molecule has 0 radical (unpaired) electrons. The molecule has 50 valence electrons. The van der Waals surface area contributed by atoms with E-state index in [2.05, 4.69) is 6.58 Å². The summed E-state index contributed by atoms with van der Waals surface area (Å²) in [7, 11) is 0. The lowest BCUT2D eigenvalue weighted by atomic mass is 10.1. The fraction of sp³-hybridized carbons (Fsp3) is 0.375. The van der Waals surface area contributed by atoms with Crippen molar-refractivity contribution >= 4 is 5.71 Å². The van der Waals surface area contributed by atoms with E-state index in [0.29, 0.717) is 5.71 Å². The average Bonchev–Trinajstić information content (AvgIpc) is 1.82. The van der Waals surface area contributed by atoms with Crippen LogP contribution in [-0.4, -0.2) is 5.71 Å². The molecule has 0 rings (SSSR count). The van der Waals surface area contributed by atoms with Gasteiger partial charge in [0.1, 0.15) is 0 Å². The Morgan fingerprint density at radius 3 is 2.33 bits per heavy atom. The first-order valence-electron chi connectivity index (χ1n) is 3.04. The maximum atomic E-state index is 7.24. The van der Waals surface area contributed by atoms with Crippen LogP contribution in [0.2, 0.25) is 0 Å². The molecule has 0 aliphatic rings. The Hall–Kier alpha value is -0.850. The molecule has 0 saturated heterocycles. The Kier molecular flexibility index (Phi) is 3.69. The third kappa shape index (κ3) is 2.85. The molecule has 0 spiro atoms. The van der Waals surface area contributed by atoms with Gasteiger partial charge in [0.2, 0.25) is 0 Å². The van der Waals surface area contributed by atoms with E-state index in [1.165, 1.54) is 0 Å². The number of hydrogen-bond donors (Lipinski definition) is 1. The third-order valence-corrected chi connectivity index (χ3v) is 1.19. The first-order valence-corrected chi connectivity index (χ1v) is 3.04. The van der Waals surface area contributed by atoms with E-state index in [-0.39, 0.29) is 0 Å². The summed E-state index contributed by atoms with van der Waals surface area (Å²) < 4.78 is 0. The molecule has 0 aliphatic carbocycles. The van der Waals surface area contributed by atoms with Crippen molar-refractivity contribution in [3.8, 4) is 0 Å². The van der Waals surface area contributed by atoms with Gasteiger partial charge in [0, 0.05) is 5.71 Å². The summed E-state index contributed by atoms with van der Waals surface area (Å²) in [4.78, 5) is 0. The molecule has 0 fully saturated rings. The Morgan fingerprint density at radius 2 is 2.22 bits per heavy atom. The molecule has 1 heteroatoms. The largest absolute Gasteiger partial charge is 0.305 e. The van der Waals surface area contributed by atoms with Gasteiger partial charge in [0.25, 0.3) is 0 Å². The van der Waals surface area contributed by atoms with Crippen LogP contribution in [0.15, 0.2) is 24.3 Å². The van der Waals surface area contributed by atoms with Crippen molar-refractivity contribution in [2.24, 2.45) is 0 Å². The van der Waals surface area contributed by atoms with Crippen molar-refractivity contribution in [1.29, 1.82) is 5.41 Å². The molecule has 0 aromatic rings.